The molecule has 1 N–H and O–H groups in total. The van der Waals surface area contributed by atoms with Gasteiger partial charge >= 0.3 is 0 Å². The zero-order valence-corrected chi connectivity index (χ0v) is 16.6. The highest BCUT2D eigenvalue weighted by Crippen LogP contribution is 2.38. The highest BCUT2D eigenvalue weighted by atomic mass is 127. The molecule has 0 amide bonds. The Morgan fingerprint density at radius 2 is 2.05 bits per heavy atom. The number of nitrogens with zero attached hydrogens (tertiary/aromatic N) is 2. The van der Waals surface area contributed by atoms with Crippen molar-refractivity contribution in [1.29, 1.82) is 0 Å². The maximum atomic E-state index is 4.79. The van der Waals surface area contributed by atoms with Crippen molar-refractivity contribution in [3.05, 3.63) is 0 Å². The summed E-state index contributed by atoms with van der Waals surface area (Å²) in [5.41, 5.74) is 0. The number of hydrogen-bond acceptors (Lipinski definition) is 4. The van der Waals surface area contributed by atoms with Gasteiger partial charge in [-0.2, -0.15) is 11.8 Å². The van der Waals surface area contributed by atoms with Gasteiger partial charge in [0.25, 0.3) is 0 Å². The van der Waals surface area contributed by atoms with E-state index < -0.39 is 0 Å². The molecule has 2 unspecified atom stereocenters. The van der Waals surface area contributed by atoms with E-state index in [1.807, 2.05) is 0 Å². The van der Waals surface area contributed by atoms with Crippen LogP contribution in [0.2, 0.25) is 0 Å². The molecule has 3 rings (SSSR count). The molecule has 2 aliphatic heterocycles. The third kappa shape index (κ3) is 4.01. The van der Waals surface area contributed by atoms with Gasteiger partial charge in [0, 0.05) is 17.8 Å². The predicted octanol–water partition coefficient (Wildman–Crippen LogP) is 3.73. The quantitative estimate of drug-likeness (QED) is 0.702. The van der Waals surface area contributed by atoms with E-state index in [1.165, 1.54) is 57.5 Å². The second-order valence-electron chi connectivity index (χ2n) is 6.95. The first-order valence-corrected chi connectivity index (χ1v) is 9.55. The first-order chi connectivity index (χ1) is 9.72. The SMILES string of the molecule is CSC1(CNC2=NCC3CCC(C)CN23)CCCCC1.I. The van der Waals surface area contributed by atoms with Gasteiger partial charge in [-0.3, -0.25) is 4.99 Å². The van der Waals surface area contributed by atoms with Gasteiger partial charge in [0.05, 0.1) is 12.6 Å². The molecular formula is C16H30IN3S. The lowest BCUT2D eigenvalue weighted by Crippen LogP contribution is -2.51. The summed E-state index contributed by atoms with van der Waals surface area (Å²) >= 11 is 2.07. The number of halogens is 1. The molecule has 3 nitrogen and oxygen atoms in total. The first kappa shape index (κ1) is 17.7. The Morgan fingerprint density at radius 3 is 2.76 bits per heavy atom. The van der Waals surface area contributed by atoms with Crippen LogP contribution >= 0.6 is 35.7 Å². The fraction of sp³-hybridized carbons (Fsp3) is 0.938. The van der Waals surface area contributed by atoms with Crippen molar-refractivity contribution >= 4 is 41.7 Å². The Hall–Kier alpha value is 0.350. The molecule has 0 aromatic rings. The number of hydrogen-bond donors (Lipinski definition) is 1. The molecule has 2 heterocycles. The smallest absolute Gasteiger partial charge is 0.194 e. The fourth-order valence-electron chi connectivity index (χ4n) is 3.99. The van der Waals surface area contributed by atoms with Crippen LogP contribution in [0.5, 0.6) is 0 Å². The predicted molar refractivity (Wildman–Crippen MR) is 104 cm³/mol. The molecule has 0 radical (unpaired) electrons. The van der Waals surface area contributed by atoms with Gasteiger partial charge in [-0.25, -0.2) is 0 Å². The van der Waals surface area contributed by atoms with Gasteiger partial charge in [-0.05, 0) is 37.9 Å². The monoisotopic (exact) mass is 423 g/mol. The zero-order valence-electron chi connectivity index (χ0n) is 13.4. The molecule has 1 aliphatic carbocycles. The summed E-state index contributed by atoms with van der Waals surface area (Å²) in [6, 6.07) is 0.685. The van der Waals surface area contributed by atoms with Gasteiger partial charge in [0.15, 0.2) is 5.96 Å². The number of aliphatic imine (C=N–C) groups is 1. The molecule has 2 atom stereocenters. The van der Waals surface area contributed by atoms with E-state index in [0.717, 1.165) is 19.0 Å². The summed E-state index contributed by atoms with van der Waals surface area (Å²) in [7, 11) is 0. The van der Waals surface area contributed by atoms with E-state index in [4.69, 9.17) is 4.99 Å². The van der Waals surface area contributed by atoms with E-state index in [2.05, 4.69) is 35.2 Å². The van der Waals surface area contributed by atoms with E-state index >= 15 is 0 Å². The van der Waals surface area contributed by atoms with E-state index in [0.29, 0.717) is 10.8 Å². The van der Waals surface area contributed by atoms with Gasteiger partial charge in [0.2, 0.25) is 0 Å². The molecule has 21 heavy (non-hydrogen) atoms. The first-order valence-electron chi connectivity index (χ1n) is 8.32. The second-order valence-corrected chi connectivity index (χ2v) is 8.23. The van der Waals surface area contributed by atoms with Crippen LogP contribution in [0.3, 0.4) is 0 Å². The topological polar surface area (TPSA) is 27.6 Å². The van der Waals surface area contributed by atoms with Crippen molar-refractivity contribution in [3.8, 4) is 0 Å². The van der Waals surface area contributed by atoms with Gasteiger partial charge in [-0.1, -0.05) is 26.2 Å². The highest BCUT2D eigenvalue weighted by Gasteiger charge is 2.35. The Labute approximate surface area is 151 Å². The summed E-state index contributed by atoms with van der Waals surface area (Å²) < 4.78 is 0.459. The third-order valence-corrected chi connectivity index (χ3v) is 6.85. The maximum Gasteiger partial charge on any atom is 0.194 e. The molecule has 0 spiro atoms. The summed E-state index contributed by atoms with van der Waals surface area (Å²) in [4.78, 5) is 7.33. The number of piperidine rings is 1. The van der Waals surface area contributed by atoms with E-state index in [1.54, 1.807) is 0 Å². The Morgan fingerprint density at radius 1 is 1.29 bits per heavy atom. The second kappa shape index (κ2) is 7.75. The van der Waals surface area contributed by atoms with Crippen molar-refractivity contribution in [3.63, 3.8) is 0 Å². The van der Waals surface area contributed by atoms with Gasteiger partial charge < -0.3 is 10.2 Å². The Kier molecular flexibility index (Phi) is 6.53. The molecule has 5 heteroatoms. The summed E-state index contributed by atoms with van der Waals surface area (Å²) in [5, 5.41) is 3.72. The van der Waals surface area contributed by atoms with Crippen LogP contribution in [0.15, 0.2) is 4.99 Å². The molecule has 0 aromatic carbocycles. The summed E-state index contributed by atoms with van der Waals surface area (Å²) in [6.07, 6.45) is 12.0. The minimum absolute atomic E-state index is 0. The van der Waals surface area contributed by atoms with Crippen LogP contribution in [-0.2, 0) is 0 Å². The van der Waals surface area contributed by atoms with E-state index in [-0.39, 0.29) is 24.0 Å². The largest absolute Gasteiger partial charge is 0.355 e. The van der Waals surface area contributed by atoms with E-state index in [9.17, 15) is 0 Å². The normalized spacial score (nSPS) is 31.1. The minimum Gasteiger partial charge on any atom is -0.355 e. The molecule has 0 aromatic heterocycles. The fourth-order valence-corrected chi connectivity index (χ4v) is 4.90. The van der Waals surface area contributed by atoms with Gasteiger partial charge in [0.1, 0.15) is 0 Å². The lowest BCUT2D eigenvalue weighted by Gasteiger charge is -2.39. The van der Waals surface area contributed by atoms with Crippen LogP contribution in [0.25, 0.3) is 0 Å². The average Bonchev–Trinajstić information content (AvgIpc) is 2.88. The van der Waals surface area contributed by atoms with Crippen LogP contribution < -0.4 is 5.32 Å². The average molecular weight is 423 g/mol. The number of guanidine groups is 1. The molecule has 1 saturated heterocycles. The van der Waals surface area contributed by atoms with Crippen LogP contribution in [-0.4, -0.2) is 47.5 Å². The molecule has 0 bridgehead atoms. The van der Waals surface area contributed by atoms with Crippen LogP contribution in [0.4, 0.5) is 0 Å². The van der Waals surface area contributed by atoms with Gasteiger partial charge in [-0.15, -0.1) is 24.0 Å². The van der Waals surface area contributed by atoms with Crippen molar-refractivity contribution in [2.45, 2.75) is 62.7 Å². The molecule has 3 aliphatic rings. The molecular weight excluding hydrogens is 393 g/mol. The van der Waals surface area contributed by atoms with Crippen molar-refractivity contribution in [2.24, 2.45) is 10.9 Å². The Bertz CT molecular complexity index is 369. The van der Waals surface area contributed by atoms with Crippen molar-refractivity contribution < 1.29 is 0 Å². The molecule has 2 fully saturated rings. The molecule has 122 valence electrons. The van der Waals surface area contributed by atoms with Crippen molar-refractivity contribution in [2.75, 3.05) is 25.9 Å². The number of thioether (sulfide) groups is 1. The lowest BCUT2D eigenvalue weighted by molar-refractivity contribution is 0.210. The highest BCUT2D eigenvalue weighted by molar-refractivity contribution is 14.0. The summed E-state index contributed by atoms with van der Waals surface area (Å²) in [6.45, 7) is 5.69. The summed E-state index contributed by atoms with van der Waals surface area (Å²) in [5.74, 6) is 2.01. The molecule has 1 saturated carbocycles. The van der Waals surface area contributed by atoms with Crippen LogP contribution in [0.1, 0.15) is 51.9 Å². The van der Waals surface area contributed by atoms with Crippen molar-refractivity contribution in [1.82, 2.24) is 10.2 Å². The lowest BCUT2D eigenvalue weighted by atomic mass is 9.88. The van der Waals surface area contributed by atoms with Crippen LogP contribution in [0, 0.1) is 5.92 Å². The standard InChI is InChI=1S/C16H29N3S.HI/c1-13-6-7-14-10-17-15(19(14)11-13)18-12-16(20-2)8-4-3-5-9-16;/h13-14H,3-12H2,1-2H3,(H,17,18);1H. The maximum absolute atomic E-state index is 4.79. The Balaban J connectivity index is 0.00000161. The zero-order chi connectivity index (χ0) is 14.0. The number of fused-ring (bicyclic) bond motifs is 1. The number of nitrogens with one attached hydrogen (secondary N) is 1. The third-order valence-electron chi connectivity index (χ3n) is 5.43. The number of rotatable bonds is 3. The minimum atomic E-state index is 0.